The molecule has 13 nitrogen and oxygen atoms in total. The summed E-state index contributed by atoms with van der Waals surface area (Å²) in [6.45, 7) is -0.223. The normalized spacial score (nSPS) is 10.9. The van der Waals surface area contributed by atoms with Crippen LogP contribution in [0, 0.1) is 15.9 Å². The minimum Gasteiger partial charge on any atom is -0.476 e. The number of aromatic amines is 2. The first kappa shape index (κ1) is 22.1. The molecule has 2 aromatic heterocycles. The minimum absolute atomic E-state index is 0.00794. The smallest absolute Gasteiger partial charge is 0.360 e. The van der Waals surface area contributed by atoms with Crippen LogP contribution in [0.25, 0.3) is 22.4 Å². The van der Waals surface area contributed by atoms with Crippen LogP contribution in [0.5, 0.6) is 0 Å². The number of imidazole rings is 1. The zero-order valence-electron chi connectivity index (χ0n) is 17.0. The van der Waals surface area contributed by atoms with Crippen molar-refractivity contribution in [1.82, 2.24) is 19.9 Å². The summed E-state index contributed by atoms with van der Waals surface area (Å²) in [4.78, 5) is 59.8. The molecule has 0 saturated carbocycles. The number of nitro benzene ring substituents is 1. The molecule has 0 aliphatic rings. The number of H-pyrrole nitrogens is 2. The average Bonchev–Trinajstić information content (AvgIpc) is 3.25. The number of hydrogen-bond donors (Lipinski definition) is 4. The molecule has 0 fully saturated rings. The molecule has 0 radical (unpaired) electrons. The number of halogens is 1. The number of hydrogen-bond acceptors (Lipinski definition) is 7. The van der Waals surface area contributed by atoms with Gasteiger partial charge in [0.15, 0.2) is 0 Å². The number of nitrogens with one attached hydrogen (secondary N) is 2. The van der Waals surface area contributed by atoms with Gasteiger partial charge in [-0.3, -0.25) is 19.8 Å². The molecule has 2 aromatic carbocycles. The number of primary amides is 1. The molecule has 2 amide bonds. The van der Waals surface area contributed by atoms with Crippen molar-refractivity contribution >= 4 is 34.4 Å². The number of nitrogens with zero attached hydrogens (tertiary/aromatic N) is 4. The van der Waals surface area contributed by atoms with Crippen LogP contribution in [0.2, 0.25) is 0 Å². The highest BCUT2D eigenvalue weighted by atomic mass is 19.1. The van der Waals surface area contributed by atoms with Gasteiger partial charge in [-0.1, -0.05) is 12.1 Å². The highest BCUT2D eigenvalue weighted by molar-refractivity contribution is 5.91. The van der Waals surface area contributed by atoms with Gasteiger partial charge in [-0.2, -0.15) is 0 Å². The van der Waals surface area contributed by atoms with Crippen LogP contribution in [-0.4, -0.2) is 42.0 Å². The highest BCUT2D eigenvalue weighted by Crippen LogP contribution is 2.31. The topological polar surface area (TPSA) is 201 Å². The van der Waals surface area contributed by atoms with Crippen molar-refractivity contribution in [2.75, 3.05) is 4.90 Å². The Balaban J connectivity index is 1.78. The van der Waals surface area contributed by atoms with Gasteiger partial charge >= 0.3 is 12.0 Å². The van der Waals surface area contributed by atoms with E-state index in [1.54, 1.807) is 0 Å². The second kappa shape index (κ2) is 8.42. The summed E-state index contributed by atoms with van der Waals surface area (Å²) in [6.07, 6.45) is 1.28. The SMILES string of the molecule is NC(=O)N(Cc1cnc(-c2cc3nc(C(=O)O)c(=O)[nH]c3cc2[N+](=O)[O-])[nH]1)c1ccccc1F. The van der Waals surface area contributed by atoms with Gasteiger partial charge in [-0.25, -0.2) is 23.9 Å². The number of carboxylic acid groups (broad SMARTS) is 1. The Morgan fingerprint density at radius 3 is 2.62 bits per heavy atom. The highest BCUT2D eigenvalue weighted by Gasteiger charge is 2.23. The van der Waals surface area contributed by atoms with Gasteiger partial charge in [0, 0.05) is 6.07 Å². The number of fused-ring (bicyclic) bond motifs is 1. The van der Waals surface area contributed by atoms with E-state index >= 15 is 0 Å². The summed E-state index contributed by atoms with van der Waals surface area (Å²) in [5.41, 5.74) is 3.21. The molecule has 0 saturated heterocycles. The molecule has 0 atom stereocenters. The molecule has 34 heavy (non-hydrogen) atoms. The fraction of sp³-hybridized carbons (Fsp3) is 0.0500. The minimum atomic E-state index is -1.57. The van der Waals surface area contributed by atoms with Gasteiger partial charge in [0.05, 0.1) is 45.6 Å². The van der Waals surface area contributed by atoms with Crippen molar-refractivity contribution < 1.29 is 24.0 Å². The molecule has 5 N–H and O–H groups in total. The number of aromatic carboxylic acids is 1. The van der Waals surface area contributed by atoms with Gasteiger partial charge < -0.3 is 20.8 Å². The second-order valence-corrected chi connectivity index (χ2v) is 7.00. The number of amides is 2. The van der Waals surface area contributed by atoms with E-state index in [9.17, 15) is 28.9 Å². The van der Waals surface area contributed by atoms with Crippen LogP contribution < -0.4 is 16.2 Å². The lowest BCUT2D eigenvalue weighted by Crippen LogP contribution is -2.35. The van der Waals surface area contributed by atoms with Gasteiger partial charge in [0.25, 0.3) is 11.2 Å². The molecule has 0 bridgehead atoms. The third-order valence-electron chi connectivity index (χ3n) is 4.83. The maximum absolute atomic E-state index is 14.2. The number of rotatable bonds is 6. The number of carboxylic acids is 1. The first-order valence-corrected chi connectivity index (χ1v) is 9.47. The van der Waals surface area contributed by atoms with Crippen molar-refractivity contribution in [3.8, 4) is 11.4 Å². The first-order valence-electron chi connectivity index (χ1n) is 9.47. The fourth-order valence-electron chi connectivity index (χ4n) is 3.31. The van der Waals surface area contributed by atoms with E-state index in [1.807, 2.05) is 0 Å². The van der Waals surface area contributed by atoms with E-state index in [0.29, 0.717) is 0 Å². The number of carbonyl (C=O) groups is 2. The maximum atomic E-state index is 14.2. The Labute approximate surface area is 187 Å². The van der Waals surface area contributed by atoms with Gasteiger partial charge in [-0.15, -0.1) is 0 Å². The van der Waals surface area contributed by atoms with Crippen molar-refractivity contribution in [2.45, 2.75) is 6.54 Å². The molecule has 4 aromatic rings. The summed E-state index contributed by atoms with van der Waals surface area (Å²) in [5, 5.41) is 20.8. The Bertz CT molecular complexity index is 1530. The monoisotopic (exact) mass is 467 g/mol. The Morgan fingerprint density at radius 2 is 1.97 bits per heavy atom. The van der Waals surface area contributed by atoms with Gasteiger partial charge in [0.1, 0.15) is 11.6 Å². The van der Waals surface area contributed by atoms with Gasteiger partial charge in [0.2, 0.25) is 5.69 Å². The third-order valence-corrected chi connectivity index (χ3v) is 4.83. The molecule has 0 spiro atoms. The summed E-state index contributed by atoms with van der Waals surface area (Å²) in [6, 6.07) is 6.77. The fourth-order valence-corrected chi connectivity index (χ4v) is 3.31. The van der Waals surface area contributed by atoms with E-state index in [1.165, 1.54) is 30.5 Å². The van der Waals surface area contributed by atoms with Crippen LogP contribution in [0.4, 0.5) is 20.6 Å². The summed E-state index contributed by atoms with van der Waals surface area (Å²) >= 11 is 0. The number of anilines is 1. The molecule has 0 aliphatic heterocycles. The van der Waals surface area contributed by atoms with Crippen LogP contribution >= 0.6 is 0 Å². The maximum Gasteiger partial charge on any atom is 0.360 e. The zero-order chi connectivity index (χ0) is 24.6. The number of benzene rings is 2. The predicted molar refractivity (Wildman–Crippen MR) is 116 cm³/mol. The van der Waals surface area contributed by atoms with E-state index in [-0.39, 0.29) is 40.3 Å². The number of carbonyl (C=O) groups excluding carboxylic acids is 1. The molecule has 0 unspecified atom stereocenters. The largest absolute Gasteiger partial charge is 0.476 e. The van der Waals surface area contributed by atoms with Crippen LogP contribution in [0.15, 0.2) is 47.4 Å². The van der Waals surface area contributed by atoms with Crippen molar-refractivity contribution in [1.29, 1.82) is 0 Å². The zero-order valence-corrected chi connectivity index (χ0v) is 17.0. The standard InChI is InChI=1S/C20H14FN7O6/c21-11-3-1-2-4-14(11)27(20(22)32)8-9-7-23-17(24-9)10-5-12-13(6-15(10)28(33)34)26-18(29)16(25-12)19(30)31/h1-7H,8H2,(H2,22,32)(H,23,24)(H,26,29)(H,30,31). The molecule has 4 rings (SSSR count). The predicted octanol–water partition coefficient (Wildman–Crippen LogP) is 2.14. The summed E-state index contributed by atoms with van der Waals surface area (Å²) in [7, 11) is 0. The Morgan fingerprint density at radius 1 is 1.24 bits per heavy atom. The number of nitro groups is 1. The number of para-hydroxylation sites is 1. The molecule has 2 heterocycles. The number of aromatic nitrogens is 4. The van der Waals surface area contributed by atoms with E-state index in [4.69, 9.17) is 10.8 Å². The van der Waals surface area contributed by atoms with Gasteiger partial charge in [-0.05, 0) is 18.2 Å². The Kier molecular flexibility index (Phi) is 5.46. The summed E-state index contributed by atoms with van der Waals surface area (Å²) in [5.74, 6) is -2.25. The van der Waals surface area contributed by atoms with Crippen LogP contribution in [0.3, 0.4) is 0 Å². The van der Waals surface area contributed by atoms with Crippen LogP contribution in [-0.2, 0) is 6.54 Å². The number of nitrogens with two attached hydrogens (primary N) is 1. The quantitative estimate of drug-likeness (QED) is 0.244. The molecule has 0 aliphatic carbocycles. The van der Waals surface area contributed by atoms with E-state index < -0.39 is 39.7 Å². The lowest BCUT2D eigenvalue weighted by atomic mass is 10.1. The second-order valence-electron chi connectivity index (χ2n) is 7.00. The summed E-state index contributed by atoms with van der Waals surface area (Å²) < 4.78 is 14.2. The third kappa shape index (κ3) is 4.02. The average molecular weight is 467 g/mol. The first-order chi connectivity index (χ1) is 16.2. The number of urea groups is 1. The van der Waals surface area contributed by atoms with Crippen molar-refractivity contribution in [2.24, 2.45) is 5.73 Å². The molecular formula is C20H14FN7O6. The molecular weight excluding hydrogens is 453 g/mol. The van der Waals surface area contributed by atoms with E-state index in [0.717, 1.165) is 17.0 Å². The van der Waals surface area contributed by atoms with Crippen molar-refractivity contribution in [3.63, 3.8) is 0 Å². The van der Waals surface area contributed by atoms with Crippen molar-refractivity contribution in [3.05, 3.63) is 80.3 Å². The molecule has 14 heteroatoms. The van der Waals surface area contributed by atoms with Crippen LogP contribution in [0.1, 0.15) is 16.2 Å². The lowest BCUT2D eigenvalue weighted by molar-refractivity contribution is -0.384. The Hall–Kier alpha value is -5.14. The van der Waals surface area contributed by atoms with E-state index in [2.05, 4.69) is 19.9 Å². The lowest BCUT2D eigenvalue weighted by Gasteiger charge is -2.20. The molecule has 172 valence electrons.